The van der Waals surface area contributed by atoms with Gasteiger partial charge in [-0.3, -0.25) is 0 Å². The molecule has 0 saturated heterocycles. The number of hydrogen-bond acceptors (Lipinski definition) is 7. The first-order valence-corrected chi connectivity index (χ1v) is 8.02. The third-order valence-corrected chi connectivity index (χ3v) is 4.42. The number of sulfonamides is 1. The molecule has 0 N–H and O–H groups in total. The van der Waals surface area contributed by atoms with Gasteiger partial charge in [0.15, 0.2) is 0 Å². The Morgan fingerprint density at radius 3 is 2.10 bits per heavy atom. The number of ether oxygens (including phenoxy) is 1. The fraction of sp³-hybridized carbons (Fsp3) is 0.625. The second-order valence-corrected chi connectivity index (χ2v) is 7.22. The Morgan fingerprint density at radius 2 is 1.71 bits per heavy atom. The number of carbonyl (C=O) groups excluding carboxylic acids is 1. The fourth-order valence-corrected chi connectivity index (χ4v) is 2.24. The molecule has 0 fully saturated rings. The molecule has 0 rings (SSSR count). The Morgan fingerprint density at radius 1 is 1.24 bits per heavy atom. The molecule has 124 valence electrons. The van der Waals surface area contributed by atoms with Crippen molar-refractivity contribution in [3.63, 3.8) is 0 Å². The molecule has 0 spiro atoms. The molecule has 0 aromatic rings. The molecule has 0 saturated carbocycles. The van der Waals surface area contributed by atoms with Crippen LogP contribution in [0.4, 0.5) is 13.2 Å². The molecule has 0 unspecified atom stereocenters. The van der Waals surface area contributed by atoms with Crippen LogP contribution in [-0.2, 0) is 34.0 Å². The highest BCUT2D eigenvalue weighted by Crippen LogP contribution is 2.25. The third-order valence-electron chi connectivity index (χ3n) is 1.80. The Labute approximate surface area is 119 Å². The number of rotatable bonds is 7. The number of hydrogen-bond donors (Lipinski definition) is 0. The molecule has 21 heavy (non-hydrogen) atoms. The van der Waals surface area contributed by atoms with Gasteiger partial charge in [0.2, 0.25) is 10.0 Å². The molecule has 13 heteroatoms. The second-order valence-electron chi connectivity index (χ2n) is 3.62. The van der Waals surface area contributed by atoms with E-state index in [4.69, 9.17) is 0 Å². The van der Waals surface area contributed by atoms with Crippen LogP contribution in [0.15, 0.2) is 12.2 Å². The molecule has 0 aromatic carbocycles. The molecular weight excluding hydrogens is 343 g/mol. The van der Waals surface area contributed by atoms with E-state index in [0.29, 0.717) is 7.05 Å². The number of halogens is 3. The van der Waals surface area contributed by atoms with Crippen molar-refractivity contribution < 1.29 is 43.8 Å². The fourth-order valence-electron chi connectivity index (χ4n) is 0.718. The highest BCUT2D eigenvalue weighted by Gasteiger charge is 2.49. The van der Waals surface area contributed by atoms with Crippen molar-refractivity contribution in [1.82, 2.24) is 4.47 Å². The van der Waals surface area contributed by atoms with Gasteiger partial charge in [0, 0.05) is 12.6 Å². The van der Waals surface area contributed by atoms with Crippen LogP contribution >= 0.6 is 0 Å². The van der Waals surface area contributed by atoms with E-state index in [1.54, 1.807) is 0 Å². The standard InChI is InChI=1S/C8H12F3NO7S2/c1-6(2)7(13)18-4-5-20(14,15)12(3)19-21(16,17)8(9,10)11/h1,4-5H2,2-3H3. The minimum atomic E-state index is -6.11. The third kappa shape index (κ3) is 5.99. The van der Waals surface area contributed by atoms with Crippen molar-refractivity contribution in [2.24, 2.45) is 0 Å². The number of hydroxylamine groups is 1. The Bertz CT molecular complexity index is 608. The van der Waals surface area contributed by atoms with Crippen LogP contribution in [0.3, 0.4) is 0 Å². The normalized spacial score (nSPS) is 13.2. The van der Waals surface area contributed by atoms with Gasteiger partial charge in [0.1, 0.15) is 12.4 Å². The zero-order valence-corrected chi connectivity index (χ0v) is 12.5. The number of esters is 1. The predicted molar refractivity (Wildman–Crippen MR) is 63.4 cm³/mol. The first-order valence-electron chi connectivity index (χ1n) is 5.01. The summed E-state index contributed by atoms with van der Waals surface area (Å²) in [5.74, 6) is -1.88. The summed E-state index contributed by atoms with van der Waals surface area (Å²) in [6, 6.07) is 0. The lowest BCUT2D eigenvalue weighted by Crippen LogP contribution is -2.37. The van der Waals surface area contributed by atoms with Crippen LogP contribution in [0.25, 0.3) is 0 Å². The molecule has 0 atom stereocenters. The van der Waals surface area contributed by atoms with Crippen LogP contribution in [0, 0.1) is 0 Å². The zero-order valence-electron chi connectivity index (χ0n) is 10.9. The topological polar surface area (TPSA) is 107 Å². The molecule has 0 aromatic heterocycles. The van der Waals surface area contributed by atoms with Gasteiger partial charge in [-0.2, -0.15) is 25.9 Å². The monoisotopic (exact) mass is 355 g/mol. The summed E-state index contributed by atoms with van der Waals surface area (Å²) < 4.78 is 87.5. The summed E-state index contributed by atoms with van der Waals surface area (Å²) in [4.78, 5) is 11.0. The van der Waals surface area contributed by atoms with Crippen LogP contribution in [-0.4, -0.2) is 52.2 Å². The highest BCUT2D eigenvalue weighted by atomic mass is 32.2. The van der Waals surface area contributed by atoms with Gasteiger partial charge in [-0.25, -0.2) is 13.2 Å². The van der Waals surface area contributed by atoms with Crippen molar-refractivity contribution in [3.05, 3.63) is 12.2 Å². The SMILES string of the molecule is C=C(C)C(=O)OCCS(=O)(=O)N(C)OS(=O)(=O)C(F)(F)F. The van der Waals surface area contributed by atoms with Gasteiger partial charge in [-0.15, -0.1) is 0 Å². The maximum atomic E-state index is 12.0. The van der Waals surface area contributed by atoms with Crippen molar-refractivity contribution in [3.8, 4) is 0 Å². The molecule has 0 radical (unpaired) electrons. The van der Waals surface area contributed by atoms with E-state index in [2.05, 4.69) is 15.6 Å². The minimum absolute atomic E-state index is 0.0170. The van der Waals surface area contributed by atoms with E-state index in [1.807, 2.05) is 0 Å². The first kappa shape index (κ1) is 19.8. The average molecular weight is 355 g/mol. The molecule has 8 nitrogen and oxygen atoms in total. The number of carbonyl (C=O) groups is 1. The van der Waals surface area contributed by atoms with Gasteiger partial charge in [0.05, 0.1) is 0 Å². The number of nitrogens with zero attached hydrogens (tertiary/aromatic N) is 1. The van der Waals surface area contributed by atoms with Gasteiger partial charge < -0.3 is 4.74 Å². The van der Waals surface area contributed by atoms with Crippen LogP contribution < -0.4 is 0 Å². The summed E-state index contributed by atoms with van der Waals surface area (Å²) >= 11 is 0. The summed E-state index contributed by atoms with van der Waals surface area (Å²) in [6.07, 6.45) is 0. The number of alkyl halides is 3. The first-order chi connectivity index (χ1) is 9.21. The highest BCUT2D eigenvalue weighted by molar-refractivity contribution is 7.90. The summed E-state index contributed by atoms with van der Waals surface area (Å²) in [6.45, 7) is 3.80. The Kier molecular flexibility index (Phi) is 6.34. The summed E-state index contributed by atoms with van der Waals surface area (Å²) in [5.41, 5.74) is -5.79. The predicted octanol–water partition coefficient (Wildman–Crippen LogP) is 0.149. The second kappa shape index (κ2) is 6.72. The summed E-state index contributed by atoms with van der Waals surface area (Å²) in [7, 11) is -10.2. The van der Waals surface area contributed by atoms with Gasteiger partial charge in [0.25, 0.3) is 0 Å². The van der Waals surface area contributed by atoms with Gasteiger partial charge in [-0.05, 0) is 6.92 Å². The van der Waals surface area contributed by atoms with E-state index in [0.717, 1.165) is 0 Å². The zero-order chi connectivity index (χ0) is 17.1. The molecule has 0 aliphatic rings. The lowest BCUT2D eigenvalue weighted by Gasteiger charge is -2.17. The van der Waals surface area contributed by atoms with Crippen molar-refractivity contribution in [2.75, 3.05) is 19.4 Å². The Hall–Kier alpha value is -1.18. The van der Waals surface area contributed by atoms with E-state index < -0.39 is 48.4 Å². The van der Waals surface area contributed by atoms with E-state index in [-0.39, 0.29) is 5.57 Å². The quantitative estimate of drug-likeness (QED) is 0.277. The minimum Gasteiger partial charge on any atom is -0.461 e. The van der Waals surface area contributed by atoms with Crippen molar-refractivity contribution in [1.29, 1.82) is 0 Å². The maximum absolute atomic E-state index is 12.0. The van der Waals surface area contributed by atoms with Crippen LogP contribution in [0.5, 0.6) is 0 Å². The molecule has 0 amide bonds. The molecule has 0 heterocycles. The lowest BCUT2D eigenvalue weighted by atomic mass is 10.4. The van der Waals surface area contributed by atoms with Crippen LogP contribution in [0.1, 0.15) is 6.92 Å². The average Bonchev–Trinajstić information content (AvgIpc) is 2.26. The molecule has 0 bridgehead atoms. The van der Waals surface area contributed by atoms with Gasteiger partial charge >= 0.3 is 21.6 Å². The van der Waals surface area contributed by atoms with Crippen LogP contribution in [0.2, 0.25) is 0 Å². The Balaban J connectivity index is 4.73. The molecular formula is C8H12F3NO7S2. The van der Waals surface area contributed by atoms with E-state index in [1.165, 1.54) is 6.92 Å². The molecule has 0 aliphatic carbocycles. The largest absolute Gasteiger partial charge is 0.524 e. The smallest absolute Gasteiger partial charge is 0.461 e. The van der Waals surface area contributed by atoms with Gasteiger partial charge in [-0.1, -0.05) is 11.0 Å². The maximum Gasteiger partial charge on any atom is 0.524 e. The summed E-state index contributed by atoms with van der Waals surface area (Å²) in [5, 5.41) is 0. The van der Waals surface area contributed by atoms with E-state index >= 15 is 0 Å². The molecule has 0 aliphatic heterocycles. The lowest BCUT2D eigenvalue weighted by molar-refractivity contribution is -0.138. The van der Waals surface area contributed by atoms with Crippen molar-refractivity contribution >= 4 is 26.1 Å². The van der Waals surface area contributed by atoms with Crippen molar-refractivity contribution in [2.45, 2.75) is 12.4 Å². The van der Waals surface area contributed by atoms with E-state index in [9.17, 15) is 34.8 Å².